The fourth-order valence-electron chi connectivity index (χ4n) is 2.68. The largest absolute Gasteiger partial charge is 0.460 e. The third-order valence-corrected chi connectivity index (χ3v) is 3.68. The highest BCUT2D eigenvalue weighted by atomic mass is 16.7. The second-order valence-corrected chi connectivity index (χ2v) is 7.16. The first-order valence-corrected chi connectivity index (χ1v) is 8.57. The summed E-state index contributed by atoms with van der Waals surface area (Å²) in [5.74, 6) is 0.711. The van der Waals surface area contributed by atoms with Gasteiger partial charge in [-0.15, -0.1) is 0 Å². The van der Waals surface area contributed by atoms with Crippen molar-refractivity contribution in [2.24, 2.45) is 4.99 Å². The van der Waals surface area contributed by atoms with E-state index < -0.39 is 5.60 Å². The van der Waals surface area contributed by atoms with E-state index in [2.05, 4.69) is 21.1 Å². The number of aliphatic imine (C=N–C) groups is 1. The quantitative estimate of drug-likeness (QED) is 0.501. The molecule has 0 aliphatic carbocycles. The fraction of sp³-hybridized carbons (Fsp3) is 0.875. The van der Waals surface area contributed by atoms with Gasteiger partial charge in [-0.25, -0.2) is 0 Å². The Morgan fingerprint density at radius 3 is 3.00 bits per heavy atom. The van der Waals surface area contributed by atoms with E-state index in [1.807, 2.05) is 20.8 Å². The van der Waals surface area contributed by atoms with Gasteiger partial charge in [0, 0.05) is 25.7 Å². The van der Waals surface area contributed by atoms with Gasteiger partial charge in [0.1, 0.15) is 5.60 Å². The Labute approximate surface area is 138 Å². The number of esters is 1. The van der Waals surface area contributed by atoms with Crippen LogP contribution in [-0.4, -0.2) is 49.3 Å². The predicted molar refractivity (Wildman–Crippen MR) is 89.0 cm³/mol. The number of rotatable bonds is 6. The second kappa shape index (κ2) is 8.49. The van der Waals surface area contributed by atoms with Gasteiger partial charge in [0.2, 0.25) is 0 Å². The maximum atomic E-state index is 11.8. The summed E-state index contributed by atoms with van der Waals surface area (Å²) in [6, 6.07) is 0.297. The van der Waals surface area contributed by atoms with Crippen molar-refractivity contribution in [2.45, 2.75) is 70.6 Å². The average Bonchev–Trinajstić information content (AvgIpc) is 2.90. The molecule has 0 bridgehead atoms. The molecule has 132 valence electrons. The molecule has 23 heavy (non-hydrogen) atoms. The number of carbonyl (C=O) groups is 1. The van der Waals surface area contributed by atoms with E-state index in [9.17, 15) is 4.79 Å². The highest BCUT2D eigenvalue weighted by molar-refractivity contribution is 5.80. The molecule has 2 aliphatic heterocycles. The van der Waals surface area contributed by atoms with Crippen molar-refractivity contribution in [1.82, 2.24) is 16.1 Å². The van der Waals surface area contributed by atoms with Gasteiger partial charge in [-0.3, -0.25) is 14.6 Å². The van der Waals surface area contributed by atoms with E-state index in [-0.39, 0.29) is 12.1 Å². The lowest BCUT2D eigenvalue weighted by Gasteiger charge is -2.20. The molecule has 0 aromatic heterocycles. The summed E-state index contributed by atoms with van der Waals surface area (Å²) in [6.07, 6.45) is 4.20. The molecule has 1 saturated heterocycles. The molecule has 7 nitrogen and oxygen atoms in total. The Kier molecular flexibility index (Phi) is 6.65. The molecular weight excluding hydrogens is 296 g/mol. The van der Waals surface area contributed by atoms with Crippen molar-refractivity contribution in [3.8, 4) is 0 Å². The number of carbonyl (C=O) groups excluding carboxylic acids is 1. The van der Waals surface area contributed by atoms with Crippen LogP contribution in [0.5, 0.6) is 0 Å². The van der Waals surface area contributed by atoms with Gasteiger partial charge in [-0.2, -0.15) is 5.48 Å². The molecule has 0 saturated carbocycles. The maximum absolute atomic E-state index is 11.8. The van der Waals surface area contributed by atoms with Crippen LogP contribution in [0.1, 0.15) is 52.9 Å². The first-order chi connectivity index (χ1) is 10.9. The molecule has 1 fully saturated rings. The summed E-state index contributed by atoms with van der Waals surface area (Å²) in [5, 5.41) is 6.55. The van der Waals surface area contributed by atoms with E-state index in [1.165, 1.54) is 0 Å². The van der Waals surface area contributed by atoms with E-state index >= 15 is 0 Å². The summed E-state index contributed by atoms with van der Waals surface area (Å²) in [5.41, 5.74) is 2.59. The molecule has 7 heteroatoms. The van der Waals surface area contributed by atoms with Gasteiger partial charge in [0.25, 0.3) is 0 Å². The molecule has 0 aromatic carbocycles. The number of hydroxylamine groups is 1. The molecule has 2 heterocycles. The summed E-state index contributed by atoms with van der Waals surface area (Å²) in [7, 11) is 0. The Hall–Kier alpha value is -1.34. The normalized spacial score (nSPS) is 24.7. The Morgan fingerprint density at radius 2 is 2.30 bits per heavy atom. The van der Waals surface area contributed by atoms with Crippen LogP contribution >= 0.6 is 0 Å². The Morgan fingerprint density at radius 1 is 1.48 bits per heavy atom. The topological polar surface area (TPSA) is 84.0 Å². The van der Waals surface area contributed by atoms with Crippen LogP contribution < -0.4 is 16.1 Å². The van der Waals surface area contributed by atoms with Crippen LogP contribution in [0.15, 0.2) is 4.99 Å². The van der Waals surface area contributed by atoms with Gasteiger partial charge in [-0.05, 0) is 46.5 Å². The van der Waals surface area contributed by atoms with Crippen LogP contribution in [0, 0.1) is 0 Å². The van der Waals surface area contributed by atoms with Crippen molar-refractivity contribution in [1.29, 1.82) is 0 Å². The minimum atomic E-state index is -0.440. The van der Waals surface area contributed by atoms with Crippen LogP contribution in [0.2, 0.25) is 0 Å². The third kappa shape index (κ3) is 7.18. The molecular formula is C16H30N4O3. The van der Waals surface area contributed by atoms with Crippen LogP contribution in [0.4, 0.5) is 0 Å². The summed E-state index contributed by atoms with van der Waals surface area (Å²) >= 11 is 0. The van der Waals surface area contributed by atoms with Crippen molar-refractivity contribution in [3.05, 3.63) is 0 Å². The van der Waals surface area contributed by atoms with Crippen LogP contribution in [0.25, 0.3) is 0 Å². The van der Waals surface area contributed by atoms with Crippen molar-refractivity contribution in [2.75, 3.05) is 19.6 Å². The zero-order valence-electron chi connectivity index (χ0n) is 14.5. The summed E-state index contributed by atoms with van der Waals surface area (Å²) in [4.78, 5) is 21.7. The first kappa shape index (κ1) is 18.0. The lowest BCUT2D eigenvalue weighted by atomic mass is 10.0. The van der Waals surface area contributed by atoms with E-state index in [4.69, 9.17) is 9.57 Å². The summed E-state index contributed by atoms with van der Waals surface area (Å²) in [6.45, 7) is 8.41. The molecule has 2 atom stereocenters. The molecule has 3 N–H and O–H groups in total. The first-order valence-electron chi connectivity index (χ1n) is 8.57. The Bertz CT molecular complexity index is 420. The van der Waals surface area contributed by atoms with Gasteiger partial charge in [0.05, 0.1) is 12.5 Å². The summed E-state index contributed by atoms with van der Waals surface area (Å²) < 4.78 is 5.32. The van der Waals surface area contributed by atoms with Crippen LogP contribution in [-0.2, 0) is 14.4 Å². The zero-order chi connectivity index (χ0) is 16.7. The Balaban J connectivity index is 1.56. The number of guanidine groups is 1. The predicted octanol–water partition coefficient (Wildman–Crippen LogP) is 1.10. The second-order valence-electron chi connectivity index (χ2n) is 7.16. The zero-order valence-corrected chi connectivity index (χ0v) is 14.5. The lowest BCUT2D eigenvalue weighted by Crippen LogP contribution is -2.41. The highest BCUT2D eigenvalue weighted by Crippen LogP contribution is 2.19. The van der Waals surface area contributed by atoms with Gasteiger partial charge >= 0.3 is 5.97 Å². The van der Waals surface area contributed by atoms with Gasteiger partial charge in [0.15, 0.2) is 5.96 Å². The molecule has 0 aromatic rings. The number of hydrogen-bond acceptors (Lipinski definition) is 7. The van der Waals surface area contributed by atoms with E-state index in [0.29, 0.717) is 12.5 Å². The van der Waals surface area contributed by atoms with E-state index in [0.717, 1.165) is 51.3 Å². The maximum Gasteiger partial charge on any atom is 0.309 e. The number of ether oxygens (including phenoxy) is 1. The average molecular weight is 326 g/mol. The highest BCUT2D eigenvalue weighted by Gasteiger charge is 2.28. The molecule has 2 rings (SSSR count). The number of hydrogen-bond donors (Lipinski definition) is 3. The molecule has 0 amide bonds. The van der Waals surface area contributed by atoms with Crippen LogP contribution in [0.3, 0.4) is 0 Å². The minimum absolute atomic E-state index is 0.0906. The SMILES string of the molecule is CC(C)(C)OC(=O)C[C@H]1C[C@H](CCCNC2=NCCCN2)NO1. The van der Waals surface area contributed by atoms with Crippen molar-refractivity contribution in [3.63, 3.8) is 0 Å². The number of nitrogens with zero attached hydrogens (tertiary/aromatic N) is 1. The smallest absolute Gasteiger partial charge is 0.309 e. The van der Waals surface area contributed by atoms with Gasteiger partial charge in [-0.1, -0.05) is 0 Å². The molecule has 0 unspecified atom stereocenters. The van der Waals surface area contributed by atoms with Crippen molar-refractivity contribution < 1.29 is 14.4 Å². The molecule has 0 spiro atoms. The minimum Gasteiger partial charge on any atom is -0.460 e. The molecule has 2 aliphatic rings. The van der Waals surface area contributed by atoms with Crippen molar-refractivity contribution >= 4 is 11.9 Å². The fourth-order valence-corrected chi connectivity index (χ4v) is 2.68. The monoisotopic (exact) mass is 326 g/mol. The van der Waals surface area contributed by atoms with E-state index in [1.54, 1.807) is 0 Å². The lowest BCUT2D eigenvalue weighted by molar-refractivity contribution is -0.158. The number of nitrogens with one attached hydrogen (secondary N) is 3. The van der Waals surface area contributed by atoms with Gasteiger partial charge < -0.3 is 15.4 Å². The third-order valence-electron chi connectivity index (χ3n) is 3.68. The molecule has 0 radical (unpaired) electrons. The standard InChI is InChI=1S/C16H30N4O3/c1-16(2,3)22-14(21)11-13-10-12(20-23-13)6-4-7-17-15-18-8-5-9-19-15/h12-13,20H,4-11H2,1-3H3,(H2,17,18,19)/t12-,13+/m0/s1.